The second-order valence-corrected chi connectivity index (χ2v) is 7.14. The minimum atomic E-state index is -4.66. The topological polar surface area (TPSA) is 76.0 Å². The number of pyridine rings is 2. The summed E-state index contributed by atoms with van der Waals surface area (Å²) < 4.78 is 42.0. The minimum absolute atomic E-state index is 0.0630. The standard InChI is InChI=1S/C21H14F3N3O.C4H9NO/c22-21(23,24)16-11-12-25-20-19(16)17(28)13-18(26-14-7-3-1-4-8-14)27(20)15-9-5-2-6-10-15;1-3-4(6)5-2/h1-13,26H;3H2,1-2H3,(H,5,6). The Bertz CT molecular complexity index is 1320. The molecular formula is C25H23F3N4O2. The number of para-hydroxylation sites is 2. The highest BCUT2D eigenvalue weighted by Crippen LogP contribution is 2.34. The predicted molar refractivity (Wildman–Crippen MR) is 126 cm³/mol. The van der Waals surface area contributed by atoms with Crippen LogP contribution in [-0.4, -0.2) is 22.5 Å². The van der Waals surface area contributed by atoms with Gasteiger partial charge in [0.15, 0.2) is 11.1 Å². The van der Waals surface area contributed by atoms with E-state index in [1.807, 2.05) is 25.1 Å². The van der Waals surface area contributed by atoms with Gasteiger partial charge in [0.2, 0.25) is 5.91 Å². The Balaban J connectivity index is 0.000000481. The SMILES string of the molecule is CCC(=O)NC.O=c1cc(Nc2ccccc2)n(-c2ccccc2)c2nccc(C(F)(F)F)c12. The third kappa shape index (κ3) is 5.61. The number of aromatic nitrogens is 2. The molecule has 34 heavy (non-hydrogen) atoms. The smallest absolute Gasteiger partial charge is 0.359 e. The van der Waals surface area contributed by atoms with Crippen molar-refractivity contribution in [2.75, 3.05) is 12.4 Å². The van der Waals surface area contributed by atoms with Gasteiger partial charge in [0.05, 0.1) is 10.9 Å². The third-order valence-electron chi connectivity index (χ3n) is 4.86. The number of carbonyl (C=O) groups excluding carboxylic acids is 1. The zero-order valence-corrected chi connectivity index (χ0v) is 18.6. The van der Waals surface area contributed by atoms with E-state index >= 15 is 0 Å². The Kier molecular flexibility index (Phi) is 7.68. The Labute approximate surface area is 194 Å². The summed E-state index contributed by atoms with van der Waals surface area (Å²) in [5.41, 5.74) is -0.540. The lowest BCUT2D eigenvalue weighted by molar-refractivity contribution is -0.136. The Morgan fingerprint density at radius 2 is 1.62 bits per heavy atom. The average molecular weight is 468 g/mol. The van der Waals surface area contributed by atoms with E-state index in [0.717, 1.165) is 12.3 Å². The summed E-state index contributed by atoms with van der Waals surface area (Å²) in [5.74, 6) is 0.414. The number of nitrogens with one attached hydrogen (secondary N) is 2. The van der Waals surface area contributed by atoms with Crippen LogP contribution >= 0.6 is 0 Å². The number of carbonyl (C=O) groups is 1. The zero-order valence-electron chi connectivity index (χ0n) is 18.6. The van der Waals surface area contributed by atoms with Crippen molar-refractivity contribution in [3.05, 3.63) is 94.8 Å². The van der Waals surface area contributed by atoms with Gasteiger partial charge in [-0.3, -0.25) is 14.2 Å². The van der Waals surface area contributed by atoms with Crippen molar-refractivity contribution >= 4 is 28.4 Å². The number of nitrogens with zero attached hydrogens (tertiary/aromatic N) is 2. The maximum absolute atomic E-state index is 13.5. The summed E-state index contributed by atoms with van der Waals surface area (Å²) in [7, 11) is 1.63. The van der Waals surface area contributed by atoms with Crippen molar-refractivity contribution in [1.29, 1.82) is 0 Å². The largest absolute Gasteiger partial charge is 0.417 e. The number of hydrogen-bond donors (Lipinski definition) is 2. The van der Waals surface area contributed by atoms with Crippen LogP contribution in [0, 0.1) is 0 Å². The summed E-state index contributed by atoms with van der Waals surface area (Å²) in [6, 6.07) is 19.8. The van der Waals surface area contributed by atoms with Gasteiger partial charge < -0.3 is 10.6 Å². The first-order valence-electron chi connectivity index (χ1n) is 10.5. The van der Waals surface area contributed by atoms with Gasteiger partial charge in [0, 0.05) is 37.1 Å². The van der Waals surface area contributed by atoms with Crippen LogP contribution in [0.15, 0.2) is 83.8 Å². The van der Waals surface area contributed by atoms with E-state index in [2.05, 4.69) is 15.6 Å². The van der Waals surface area contributed by atoms with Crippen molar-refractivity contribution in [3.63, 3.8) is 0 Å². The van der Waals surface area contributed by atoms with E-state index in [-0.39, 0.29) is 11.6 Å². The molecule has 2 N–H and O–H groups in total. The normalized spacial score (nSPS) is 10.9. The predicted octanol–water partition coefficient (Wildman–Crippen LogP) is 5.29. The van der Waals surface area contributed by atoms with Crippen LogP contribution in [-0.2, 0) is 11.0 Å². The monoisotopic (exact) mass is 468 g/mol. The fraction of sp³-hybridized carbons (Fsp3) is 0.160. The summed E-state index contributed by atoms with van der Waals surface area (Å²) >= 11 is 0. The van der Waals surface area contributed by atoms with E-state index in [1.165, 1.54) is 10.6 Å². The zero-order chi connectivity index (χ0) is 24.7. The minimum Gasteiger partial charge on any atom is -0.359 e. The van der Waals surface area contributed by atoms with E-state index in [4.69, 9.17) is 0 Å². The number of rotatable bonds is 4. The van der Waals surface area contributed by atoms with Crippen LogP contribution in [0.1, 0.15) is 18.9 Å². The molecule has 4 rings (SSSR count). The van der Waals surface area contributed by atoms with Gasteiger partial charge in [-0.1, -0.05) is 43.3 Å². The second kappa shape index (κ2) is 10.7. The molecule has 0 bridgehead atoms. The first-order chi connectivity index (χ1) is 16.3. The maximum Gasteiger partial charge on any atom is 0.417 e. The van der Waals surface area contributed by atoms with Gasteiger partial charge >= 0.3 is 6.18 Å². The molecule has 0 atom stereocenters. The second-order valence-electron chi connectivity index (χ2n) is 7.14. The molecule has 0 aliphatic carbocycles. The van der Waals surface area contributed by atoms with E-state index in [9.17, 15) is 22.8 Å². The first-order valence-corrected chi connectivity index (χ1v) is 10.5. The summed E-state index contributed by atoms with van der Waals surface area (Å²) in [6.07, 6.45) is -3.02. The molecule has 0 fully saturated rings. The fourth-order valence-electron chi connectivity index (χ4n) is 3.25. The Morgan fingerprint density at radius 3 is 2.15 bits per heavy atom. The molecule has 4 aromatic rings. The highest BCUT2D eigenvalue weighted by Gasteiger charge is 2.34. The van der Waals surface area contributed by atoms with Crippen LogP contribution in [0.3, 0.4) is 0 Å². The highest BCUT2D eigenvalue weighted by atomic mass is 19.4. The highest BCUT2D eigenvalue weighted by molar-refractivity contribution is 5.84. The molecule has 2 heterocycles. The molecule has 0 unspecified atom stereocenters. The van der Waals surface area contributed by atoms with Gasteiger partial charge in [-0.05, 0) is 30.3 Å². The lowest BCUT2D eigenvalue weighted by Crippen LogP contribution is -2.18. The molecule has 2 aromatic heterocycles. The molecule has 6 nitrogen and oxygen atoms in total. The first kappa shape index (κ1) is 24.5. The fourth-order valence-corrected chi connectivity index (χ4v) is 3.25. The quantitative estimate of drug-likeness (QED) is 0.427. The Morgan fingerprint density at radius 1 is 1.00 bits per heavy atom. The molecule has 0 aliphatic rings. The molecule has 1 amide bonds. The third-order valence-corrected chi connectivity index (χ3v) is 4.86. The van der Waals surface area contributed by atoms with Gasteiger partial charge in [0.25, 0.3) is 0 Å². The number of benzene rings is 2. The summed E-state index contributed by atoms with van der Waals surface area (Å²) in [5, 5.41) is 5.12. The maximum atomic E-state index is 13.5. The van der Waals surface area contributed by atoms with Crippen molar-refractivity contribution in [2.24, 2.45) is 0 Å². The van der Waals surface area contributed by atoms with Gasteiger partial charge in [0.1, 0.15) is 5.82 Å². The van der Waals surface area contributed by atoms with Crippen molar-refractivity contribution < 1.29 is 18.0 Å². The molecule has 2 aromatic carbocycles. The lowest BCUT2D eigenvalue weighted by atomic mass is 10.1. The van der Waals surface area contributed by atoms with Crippen LogP contribution in [0.5, 0.6) is 0 Å². The van der Waals surface area contributed by atoms with E-state index < -0.39 is 22.6 Å². The van der Waals surface area contributed by atoms with Crippen LogP contribution < -0.4 is 16.1 Å². The average Bonchev–Trinajstić information content (AvgIpc) is 2.84. The summed E-state index contributed by atoms with van der Waals surface area (Å²) in [6.45, 7) is 1.82. The van der Waals surface area contributed by atoms with Crippen LogP contribution in [0.4, 0.5) is 24.7 Å². The summed E-state index contributed by atoms with van der Waals surface area (Å²) in [4.78, 5) is 26.8. The number of hydrogen-bond acceptors (Lipinski definition) is 4. The molecule has 0 saturated carbocycles. The lowest BCUT2D eigenvalue weighted by Gasteiger charge is -2.19. The number of fused-ring (bicyclic) bond motifs is 1. The molecule has 0 spiro atoms. The molecule has 0 radical (unpaired) electrons. The van der Waals surface area contributed by atoms with Gasteiger partial charge in [-0.2, -0.15) is 13.2 Å². The van der Waals surface area contributed by atoms with Gasteiger partial charge in [-0.25, -0.2) is 4.98 Å². The number of amides is 1. The molecular weight excluding hydrogens is 445 g/mol. The molecule has 0 aliphatic heterocycles. The van der Waals surface area contributed by atoms with E-state index in [0.29, 0.717) is 23.6 Å². The van der Waals surface area contributed by atoms with Crippen molar-refractivity contribution in [3.8, 4) is 5.69 Å². The van der Waals surface area contributed by atoms with Gasteiger partial charge in [-0.15, -0.1) is 0 Å². The van der Waals surface area contributed by atoms with Crippen LogP contribution in [0.2, 0.25) is 0 Å². The number of halogens is 3. The Hall–Kier alpha value is -4.14. The number of alkyl halides is 3. The van der Waals surface area contributed by atoms with Crippen molar-refractivity contribution in [2.45, 2.75) is 19.5 Å². The number of anilines is 2. The van der Waals surface area contributed by atoms with Crippen LogP contribution in [0.25, 0.3) is 16.7 Å². The molecule has 176 valence electrons. The molecule has 0 saturated heterocycles. The molecule has 9 heteroatoms. The van der Waals surface area contributed by atoms with E-state index in [1.54, 1.807) is 49.5 Å². The van der Waals surface area contributed by atoms with Crippen molar-refractivity contribution in [1.82, 2.24) is 14.9 Å².